The first kappa shape index (κ1) is 17.0. The average molecular weight is 344 g/mol. The number of nitrogens with zero attached hydrogens (tertiary/aromatic N) is 3. The van der Waals surface area contributed by atoms with Gasteiger partial charge in [0.2, 0.25) is 5.91 Å². The molecule has 23 heavy (non-hydrogen) atoms. The molecule has 6 nitrogen and oxygen atoms in total. The molecule has 1 N–H and O–H groups in total. The van der Waals surface area contributed by atoms with Gasteiger partial charge in [-0.25, -0.2) is 13.6 Å². The minimum absolute atomic E-state index is 0.0164. The number of nitriles is 1. The van der Waals surface area contributed by atoms with E-state index in [-0.39, 0.29) is 23.7 Å². The number of likely N-dealkylation sites (N-methyl/N-ethyl adjacent to an activating group) is 1. The van der Waals surface area contributed by atoms with Crippen molar-refractivity contribution in [3.63, 3.8) is 0 Å². The number of likely N-dealkylation sites (tertiary alicyclic amines) is 1. The zero-order valence-corrected chi connectivity index (χ0v) is 12.7. The van der Waals surface area contributed by atoms with E-state index in [0.717, 1.165) is 15.9 Å². The number of hydrogen-bond donors (Lipinski definition) is 1. The van der Waals surface area contributed by atoms with Crippen molar-refractivity contribution >= 4 is 29.3 Å². The molecule has 0 bridgehead atoms. The van der Waals surface area contributed by atoms with E-state index in [9.17, 15) is 18.4 Å². The van der Waals surface area contributed by atoms with Crippen molar-refractivity contribution in [1.82, 2.24) is 4.90 Å². The third-order valence-corrected chi connectivity index (χ3v) is 3.99. The van der Waals surface area contributed by atoms with E-state index in [1.54, 1.807) is 0 Å². The highest BCUT2D eigenvalue weighted by Gasteiger charge is 2.41. The second-order valence-corrected chi connectivity index (χ2v) is 5.53. The van der Waals surface area contributed by atoms with E-state index in [1.807, 2.05) is 6.07 Å². The highest BCUT2D eigenvalue weighted by molar-refractivity contribution is 6.31. The number of benzene rings is 1. The first-order valence-corrected chi connectivity index (χ1v) is 6.95. The standard InChI is InChI=1S/C14H12ClF2N3O3/c1-19(11-3-8(15)9(16)4-10(11)17)13(21)12-2-7(5-18)6-20(12)14(22)23/h3-4,7,12H,2,6H2,1H3,(H,22,23). The van der Waals surface area contributed by atoms with Crippen molar-refractivity contribution in [1.29, 1.82) is 5.26 Å². The summed E-state index contributed by atoms with van der Waals surface area (Å²) < 4.78 is 27.0. The monoisotopic (exact) mass is 343 g/mol. The largest absolute Gasteiger partial charge is 0.465 e. The van der Waals surface area contributed by atoms with Gasteiger partial charge in [0.15, 0.2) is 0 Å². The fourth-order valence-electron chi connectivity index (χ4n) is 2.49. The Morgan fingerprint density at radius 1 is 1.43 bits per heavy atom. The summed E-state index contributed by atoms with van der Waals surface area (Å²) in [6.07, 6.45) is -1.32. The molecule has 0 spiro atoms. The number of carbonyl (C=O) groups is 2. The molecule has 122 valence electrons. The van der Waals surface area contributed by atoms with E-state index >= 15 is 0 Å². The van der Waals surface area contributed by atoms with Crippen LogP contribution in [-0.2, 0) is 4.79 Å². The average Bonchev–Trinajstić information content (AvgIpc) is 2.94. The third kappa shape index (κ3) is 3.19. The Bertz CT molecular complexity index is 707. The minimum atomic E-state index is -1.34. The van der Waals surface area contributed by atoms with Crippen molar-refractivity contribution in [2.45, 2.75) is 12.5 Å². The van der Waals surface area contributed by atoms with Crippen molar-refractivity contribution in [3.8, 4) is 6.07 Å². The molecule has 1 aromatic carbocycles. The number of rotatable bonds is 2. The molecule has 0 aliphatic carbocycles. The van der Waals surface area contributed by atoms with Crippen LogP contribution in [0.25, 0.3) is 0 Å². The molecule has 9 heteroatoms. The van der Waals surface area contributed by atoms with Gasteiger partial charge in [-0.05, 0) is 12.5 Å². The normalized spacial score (nSPS) is 20.2. The van der Waals surface area contributed by atoms with E-state index in [1.165, 1.54) is 7.05 Å². The van der Waals surface area contributed by atoms with Crippen LogP contribution >= 0.6 is 11.6 Å². The molecule has 1 aliphatic rings. The molecular formula is C14H12ClF2N3O3. The number of anilines is 1. The van der Waals surface area contributed by atoms with Gasteiger partial charge < -0.3 is 10.0 Å². The van der Waals surface area contributed by atoms with Gasteiger partial charge in [-0.2, -0.15) is 5.26 Å². The van der Waals surface area contributed by atoms with E-state index in [0.29, 0.717) is 6.07 Å². The lowest BCUT2D eigenvalue weighted by atomic mass is 10.1. The van der Waals surface area contributed by atoms with Crippen LogP contribution in [0, 0.1) is 28.9 Å². The maximum Gasteiger partial charge on any atom is 0.408 e. The second kappa shape index (κ2) is 6.38. The molecule has 1 saturated heterocycles. The fourth-order valence-corrected chi connectivity index (χ4v) is 2.64. The number of carboxylic acid groups (broad SMARTS) is 1. The lowest BCUT2D eigenvalue weighted by Gasteiger charge is -2.26. The van der Waals surface area contributed by atoms with E-state index < -0.39 is 35.6 Å². The Balaban J connectivity index is 2.31. The maximum absolute atomic E-state index is 13.9. The van der Waals surface area contributed by atoms with Crippen LogP contribution in [0.3, 0.4) is 0 Å². The Morgan fingerprint density at radius 2 is 2.09 bits per heavy atom. The summed E-state index contributed by atoms with van der Waals surface area (Å²) in [4.78, 5) is 25.4. The number of hydrogen-bond acceptors (Lipinski definition) is 3. The Morgan fingerprint density at radius 3 is 2.65 bits per heavy atom. The predicted octanol–water partition coefficient (Wildman–Crippen LogP) is 2.47. The number of carbonyl (C=O) groups excluding carboxylic acids is 1. The highest BCUT2D eigenvalue weighted by atomic mass is 35.5. The van der Waals surface area contributed by atoms with Crippen molar-refractivity contribution in [2.24, 2.45) is 5.92 Å². The quantitative estimate of drug-likeness (QED) is 0.836. The molecular weight excluding hydrogens is 332 g/mol. The van der Waals surface area contributed by atoms with Gasteiger partial charge in [-0.15, -0.1) is 0 Å². The number of amides is 2. The van der Waals surface area contributed by atoms with E-state index in [4.69, 9.17) is 22.0 Å². The molecule has 1 aliphatic heterocycles. The molecule has 0 saturated carbocycles. The van der Waals surface area contributed by atoms with Crippen LogP contribution in [-0.4, -0.2) is 41.6 Å². The molecule has 0 radical (unpaired) electrons. The van der Waals surface area contributed by atoms with Gasteiger partial charge in [0.25, 0.3) is 0 Å². The van der Waals surface area contributed by atoms with Gasteiger partial charge in [-0.3, -0.25) is 9.69 Å². The van der Waals surface area contributed by atoms with Crippen LogP contribution < -0.4 is 4.90 Å². The maximum atomic E-state index is 13.9. The highest BCUT2D eigenvalue weighted by Crippen LogP contribution is 2.29. The van der Waals surface area contributed by atoms with Crippen molar-refractivity contribution in [2.75, 3.05) is 18.5 Å². The van der Waals surface area contributed by atoms with Gasteiger partial charge in [-0.1, -0.05) is 11.6 Å². The van der Waals surface area contributed by atoms with Crippen LogP contribution in [0.2, 0.25) is 5.02 Å². The van der Waals surface area contributed by atoms with Gasteiger partial charge in [0.1, 0.15) is 17.7 Å². The van der Waals surface area contributed by atoms with Crippen molar-refractivity contribution < 1.29 is 23.5 Å². The van der Waals surface area contributed by atoms with Crippen molar-refractivity contribution in [3.05, 3.63) is 28.8 Å². The van der Waals surface area contributed by atoms with Crippen LogP contribution in [0.15, 0.2) is 12.1 Å². The summed E-state index contributed by atoms with van der Waals surface area (Å²) in [6, 6.07) is 2.31. The molecule has 1 heterocycles. The van der Waals surface area contributed by atoms with E-state index in [2.05, 4.69) is 0 Å². The first-order valence-electron chi connectivity index (χ1n) is 6.57. The number of halogens is 3. The molecule has 0 aromatic heterocycles. The van der Waals surface area contributed by atoms with Crippen LogP contribution in [0.1, 0.15) is 6.42 Å². The fraction of sp³-hybridized carbons (Fsp3) is 0.357. The summed E-state index contributed by atoms with van der Waals surface area (Å²) in [5, 5.41) is 17.7. The van der Waals surface area contributed by atoms with Gasteiger partial charge in [0.05, 0.1) is 22.7 Å². The van der Waals surface area contributed by atoms with Crippen LogP contribution in [0.5, 0.6) is 0 Å². The summed E-state index contributed by atoms with van der Waals surface area (Å²) in [6.45, 7) is -0.0945. The molecule has 2 rings (SSSR count). The minimum Gasteiger partial charge on any atom is -0.465 e. The zero-order valence-electron chi connectivity index (χ0n) is 12.0. The molecule has 1 fully saturated rings. The van der Waals surface area contributed by atoms with Gasteiger partial charge >= 0.3 is 6.09 Å². The summed E-state index contributed by atoms with van der Waals surface area (Å²) in [5.41, 5.74) is -0.271. The second-order valence-electron chi connectivity index (χ2n) is 5.13. The molecule has 2 amide bonds. The lowest BCUT2D eigenvalue weighted by molar-refractivity contribution is -0.122. The molecule has 1 aromatic rings. The molecule has 2 unspecified atom stereocenters. The van der Waals surface area contributed by atoms with Gasteiger partial charge in [0, 0.05) is 19.7 Å². The predicted molar refractivity (Wildman–Crippen MR) is 77.0 cm³/mol. The zero-order chi connectivity index (χ0) is 17.3. The Kier molecular flexibility index (Phi) is 4.71. The molecule has 2 atom stereocenters. The smallest absolute Gasteiger partial charge is 0.408 e. The third-order valence-electron chi connectivity index (χ3n) is 3.70. The summed E-state index contributed by atoms with van der Waals surface area (Å²) in [5.74, 6) is -3.30. The topological polar surface area (TPSA) is 84.6 Å². The Labute approximate surface area is 135 Å². The summed E-state index contributed by atoms with van der Waals surface area (Å²) in [7, 11) is 1.23. The lowest BCUT2D eigenvalue weighted by Crippen LogP contribution is -2.46. The summed E-state index contributed by atoms with van der Waals surface area (Å²) >= 11 is 5.59. The first-order chi connectivity index (χ1) is 10.8. The Hall–Kier alpha value is -2.40. The van der Waals surface area contributed by atoms with Crippen LogP contribution in [0.4, 0.5) is 19.3 Å². The SMILES string of the molecule is CN(C(=O)C1CC(C#N)CN1C(=O)O)c1cc(Cl)c(F)cc1F.